The number of aliphatic hydroxyl groups excluding tert-OH is 1. The Hall–Kier alpha value is -2.25. The Morgan fingerprint density at radius 3 is 3.04 bits per heavy atom. The van der Waals surface area contributed by atoms with Crippen LogP contribution in [0.5, 0.6) is 0 Å². The van der Waals surface area contributed by atoms with E-state index in [4.69, 9.17) is 0 Å². The average molecular weight is 357 g/mol. The monoisotopic (exact) mass is 357 g/mol. The van der Waals surface area contributed by atoms with Crippen LogP contribution >= 0.6 is 0 Å². The highest BCUT2D eigenvalue weighted by Crippen LogP contribution is 2.22. The minimum Gasteiger partial charge on any atom is -0.396 e. The van der Waals surface area contributed by atoms with Crippen LogP contribution in [0.1, 0.15) is 48.5 Å². The van der Waals surface area contributed by atoms with Gasteiger partial charge in [-0.05, 0) is 50.4 Å². The van der Waals surface area contributed by atoms with Crippen molar-refractivity contribution in [1.82, 2.24) is 19.9 Å². The molecule has 140 valence electrons. The lowest BCUT2D eigenvalue weighted by atomic mass is 9.98. The van der Waals surface area contributed by atoms with Gasteiger partial charge in [0, 0.05) is 24.8 Å². The number of hydrogen-bond donors (Lipinski definition) is 2. The van der Waals surface area contributed by atoms with E-state index in [1.807, 2.05) is 25.1 Å². The van der Waals surface area contributed by atoms with E-state index in [9.17, 15) is 9.90 Å². The first-order chi connectivity index (χ1) is 12.7. The molecule has 0 bridgehead atoms. The second-order valence-electron chi connectivity index (χ2n) is 6.71. The fraction of sp³-hybridized carbons (Fsp3) is 0.526. The van der Waals surface area contributed by atoms with Gasteiger partial charge in [-0.2, -0.15) is 9.90 Å². The van der Waals surface area contributed by atoms with Crippen molar-refractivity contribution in [3.63, 3.8) is 0 Å². The highest BCUT2D eigenvalue weighted by atomic mass is 16.3. The third-order valence-corrected chi connectivity index (χ3v) is 4.85. The second-order valence-corrected chi connectivity index (χ2v) is 6.71. The lowest BCUT2D eigenvalue weighted by molar-refractivity contribution is 0.102. The van der Waals surface area contributed by atoms with E-state index in [0.717, 1.165) is 31.5 Å². The van der Waals surface area contributed by atoms with Gasteiger partial charge in [-0.1, -0.05) is 18.6 Å². The number of likely N-dealkylation sites (tertiary alicyclic amines) is 1. The first-order valence-electron chi connectivity index (χ1n) is 9.35. The van der Waals surface area contributed by atoms with Crippen molar-refractivity contribution in [1.29, 1.82) is 0 Å². The van der Waals surface area contributed by atoms with Crippen LogP contribution in [0.2, 0.25) is 0 Å². The van der Waals surface area contributed by atoms with Gasteiger partial charge in [-0.15, -0.1) is 5.10 Å². The summed E-state index contributed by atoms with van der Waals surface area (Å²) >= 11 is 0. The van der Waals surface area contributed by atoms with Gasteiger partial charge in [0.05, 0.1) is 12.7 Å². The molecule has 1 fully saturated rings. The van der Waals surface area contributed by atoms with Crippen LogP contribution in [0.4, 0.5) is 5.82 Å². The van der Waals surface area contributed by atoms with Crippen LogP contribution in [0.15, 0.2) is 30.5 Å². The number of carbonyl (C=O) groups excluding carboxylic acids is 1. The number of hydrogen-bond acceptors (Lipinski definition) is 5. The van der Waals surface area contributed by atoms with Gasteiger partial charge < -0.3 is 10.4 Å². The van der Waals surface area contributed by atoms with Gasteiger partial charge >= 0.3 is 0 Å². The number of nitrogens with zero attached hydrogens (tertiary/aromatic N) is 4. The summed E-state index contributed by atoms with van der Waals surface area (Å²) < 4.78 is 0. The summed E-state index contributed by atoms with van der Waals surface area (Å²) in [5, 5.41) is 20.3. The van der Waals surface area contributed by atoms with Gasteiger partial charge in [0.2, 0.25) is 0 Å². The number of carbonyl (C=O) groups is 1. The number of aryl methyl sites for hydroxylation is 1. The number of benzene rings is 1. The van der Waals surface area contributed by atoms with E-state index < -0.39 is 0 Å². The van der Waals surface area contributed by atoms with Crippen LogP contribution in [0, 0.1) is 0 Å². The molecule has 1 amide bonds. The highest BCUT2D eigenvalue weighted by Gasteiger charge is 2.22. The van der Waals surface area contributed by atoms with Gasteiger partial charge in [0.25, 0.3) is 5.91 Å². The van der Waals surface area contributed by atoms with Gasteiger partial charge in [-0.25, -0.2) is 0 Å². The molecule has 0 saturated carbocycles. The number of nitrogens with one attached hydrogen (secondary N) is 1. The molecule has 1 aromatic heterocycles. The Labute approximate surface area is 154 Å². The normalized spacial score (nSPS) is 18.0. The summed E-state index contributed by atoms with van der Waals surface area (Å²) in [4.78, 5) is 16.4. The largest absolute Gasteiger partial charge is 0.396 e. The summed E-state index contributed by atoms with van der Waals surface area (Å²) in [6, 6.07) is 8.14. The fourth-order valence-corrected chi connectivity index (χ4v) is 3.48. The van der Waals surface area contributed by atoms with Crippen LogP contribution in [-0.4, -0.2) is 50.1 Å². The number of aromatic nitrogens is 3. The molecule has 1 aliphatic heterocycles. The standard InChI is InChI=1S/C19H27N5O2/c1-2-24-20-13-18(22-24)21-19(26)16-7-5-6-15(12-16)14-23-10-4-3-8-17(23)9-11-25/h5-7,12-13,17,25H,2-4,8-11,14H2,1H3,(H,21,22,26). The summed E-state index contributed by atoms with van der Waals surface area (Å²) in [6.07, 6.45) is 5.91. The van der Waals surface area contributed by atoms with E-state index >= 15 is 0 Å². The third kappa shape index (κ3) is 4.68. The molecule has 1 aliphatic rings. The van der Waals surface area contributed by atoms with Crippen LogP contribution in [0.3, 0.4) is 0 Å². The van der Waals surface area contributed by atoms with Crippen LogP contribution < -0.4 is 5.32 Å². The van der Waals surface area contributed by atoms with Crippen molar-refractivity contribution < 1.29 is 9.90 Å². The minimum absolute atomic E-state index is 0.180. The predicted molar refractivity (Wildman–Crippen MR) is 99.8 cm³/mol. The second kappa shape index (κ2) is 8.91. The molecule has 3 rings (SSSR count). The number of piperidine rings is 1. The lowest BCUT2D eigenvalue weighted by Crippen LogP contribution is -2.39. The molecular formula is C19H27N5O2. The van der Waals surface area contributed by atoms with Crippen molar-refractivity contribution >= 4 is 11.7 Å². The number of anilines is 1. The Balaban J connectivity index is 1.66. The first-order valence-corrected chi connectivity index (χ1v) is 9.35. The summed E-state index contributed by atoms with van der Waals surface area (Å²) in [6.45, 7) is 4.68. The van der Waals surface area contributed by atoms with Gasteiger partial charge in [0.15, 0.2) is 5.82 Å². The summed E-state index contributed by atoms with van der Waals surface area (Å²) in [5.74, 6) is 0.279. The topological polar surface area (TPSA) is 83.3 Å². The first kappa shape index (κ1) is 18.5. The molecule has 26 heavy (non-hydrogen) atoms. The van der Waals surface area contributed by atoms with E-state index in [1.165, 1.54) is 17.6 Å². The van der Waals surface area contributed by atoms with Gasteiger partial charge in [0.1, 0.15) is 0 Å². The van der Waals surface area contributed by atoms with Crippen molar-refractivity contribution in [3.8, 4) is 0 Å². The smallest absolute Gasteiger partial charge is 0.256 e. The minimum atomic E-state index is -0.180. The molecule has 2 aromatic rings. The van der Waals surface area contributed by atoms with Crippen molar-refractivity contribution in [3.05, 3.63) is 41.6 Å². The molecular weight excluding hydrogens is 330 g/mol. The molecule has 1 atom stereocenters. The maximum absolute atomic E-state index is 12.5. The molecule has 7 nitrogen and oxygen atoms in total. The molecule has 1 saturated heterocycles. The molecule has 2 N–H and O–H groups in total. The zero-order valence-corrected chi connectivity index (χ0v) is 15.3. The SMILES string of the molecule is CCn1ncc(NC(=O)c2cccc(CN3CCCCC3CCO)c2)n1. The molecule has 1 unspecified atom stereocenters. The number of rotatable bonds is 7. The van der Waals surface area contributed by atoms with E-state index in [1.54, 1.807) is 6.20 Å². The number of amides is 1. The predicted octanol–water partition coefficient (Wildman–Crippen LogP) is 2.29. The lowest BCUT2D eigenvalue weighted by Gasteiger charge is -2.35. The Morgan fingerprint density at radius 1 is 1.38 bits per heavy atom. The Morgan fingerprint density at radius 2 is 2.27 bits per heavy atom. The average Bonchev–Trinajstić information content (AvgIpc) is 3.11. The zero-order valence-electron chi connectivity index (χ0n) is 15.3. The Bertz CT molecular complexity index is 728. The molecule has 0 radical (unpaired) electrons. The van der Waals surface area contributed by atoms with E-state index in [2.05, 4.69) is 26.5 Å². The van der Waals surface area contributed by atoms with Crippen molar-refractivity contribution in [2.45, 2.75) is 51.7 Å². The zero-order chi connectivity index (χ0) is 18.4. The molecule has 0 aliphatic carbocycles. The molecule has 1 aromatic carbocycles. The Kier molecular flexibility index (Phi) is 6.35. The maximum atomic E-state index is 12.5. The molecule has 0 spiro atoms. The quantitative estimate of drug-likeness (QED) is 0.794. The highest BCUT2D eigenvalue weighted by molar-refractivity contribution is 6.03. The van der Waals surface area contributed by atoms with Gasteiger partial charge in [-0.3, -0.25) is 9.69 Å². The summed E-state index contributed by atoms with van der Waals surface area (Å²) in [7, 11) is 0. The van der Waals surface area contributed by atoms with Crippen LogP contribution in [0.25, 0.3) is 0 Å². The van der Waals surface area contributed by atoms with E-state index in [-0.39, 0.29) is 12.5 Å². The number of aliphatic hydroxyl groups is 1. The summed E-state index contributed by atoms with van der Waals surface area (Å²) in [5.41, 5.74) is 1.73. The maximum Gasteiger partial charge on any atom is 0.256 e. The molecule has 7 heteroatoms. The fourth-order valence-electron chi connectivity index (χ4n) is 3.48. The van der Waals surface area contributed by atoms with E-state index in [0.29, 0.717) is 24.0 Å². The van der Waals surface area contributed by atoms with Crippen molar-refractivity contribution in [2.24, 2.45) is 0 Å². The third-order valence-electron chi connectivity index (χ3n) is 4.85. The van der Waals surface area contributed by atoms with Crippen LogP contribution in [-0.2, 0) is 13.1 Å². The molecule has 2 heterocycles. The van der Waals surface area contributed by atoms with Crippen molar-refractivity contribution in [2.75, 3.05) is 18.5 Å².